The van der Waals surface area contributed by atoms with Gasteiger partial charge in [-0.2, -0.15) is 0 Å². The van der Waals surface area contributed by atoms with E-state index in [0.717, 1.165) is 66.9 Å². The summed E-state index contributed by atoms with van der Waals surface area (Å²) in [5.41, 5.74) is 9.57. The number of H-pyrrole nitrogens is 2. The van der Waals surface area contributed by atoms with Crippen LogP contribution in [-0.4, -0.2) is 29.8 Å². The van der Waals surface area contributed by atoms with Crippen molar-refractivity contribution in [3.8, 4) is 67.8 Å². The summed E-state index contributed by atoms with van der Waals surface area (Å²) in [7, 11) is 0. The molecule has 0 amide bonds. The number of non-ortho nitro benzene ring substituents is 2. The Labute approximate surface area is 300 Å². The highest BCUT2D eigenvalue weighted by molar-refractivity contribution is 6.08. The van der Waals surface area contributed by atoms with Gasteiger partial charge in [0, 0.05) is 68.4 Å². The van der Waals surface area contributed by atoms with Gasteiger partial charge in [0.15, 0.2) is 0 Å². The minimum atomic E-state index is -0.422. The lowest BCUT2D eigenvalue weighted by atomic mass is 10.0. The third-order valence-corrected chi connectivity index (χ3v) is 9.25. The molecule has 2 N–H and O–H groups in total. The van der Waals surface area contributed by atoms with Crippen LogP contribution in [0.5, 0.6) is 0 Å². The lowest BCUT2D eigenvalue weighted by molar-refractivity contribution is -0.385. The lowest BCUT2D eigenvalue weighted by Gasteiger charge is -2.04. The topological polar surface area (TPSA) is 157 Å². The molecular weight excluding hydrogens is 668 g/mol. The molecular formula is C42H26N6O5. The fourth-order valence-corrected chi connectivity index (χ4v) is 6.62. The van der Waals surface area contributed by atoms with E-state index in [0.29, 0.717) is 22.8 Å². The molecule has 0 radical (unpaired) electrons. The Morgan fingerprint density at radius 1 is 0.453 bits per heavy atom. The molecule has 3 aromatic heterocycles. The van der Waals surface area contributed by atoms with Crippen molar-refractivity contribution >= 4 is 33.3 Å². The molecule has 0 aliphatic heterocycles. The van der Waals surface area contributed by atoms with Crippen molar-refractivity contribution in [1.29, 1.82) is 0 Å². The van der Waals surface area contributed by atoms with Crippen LogP contribution >= 0.6 is 0 Å². The highest BCUT2D eigenvalue weighted by Crippen LogP contribution is 2.40. The molecule has 6 aromatic carbocycles. The van der Waals surface area contributed by atoms with Crippen LogP contribution in [0.3, 0.4) is 0 Å². The van der Waals surface area contributed by atoms with Crippen LogP contribution in [0.15, 0.2) is 150 Å². The number of nitro benzene ring substituents is 2. The van der Waals surface area contributed by atoms with E-state index in [2.05, 4.69) is 22.1 Å². The lowest BCUT2D eigenvalue weighted by Crippen LogP contribution is -1.88. The van der Waals surface area contributed by atoms with Gasteiger partial charge in [0.1, 0.15) is 22.8 Å². The van der Waals surface area contributed by atoms with E-state index in [1.165, 1.54) is 24.3 Å². The molecule has 0 saturated heterocycles. The largest absolute Gasteiger partial charge is 0.456 e. The molecule has 0 unspecified atom stereocenters. The van der Waals surface area contributed by atoms with Gasteiger partial charge in [0.2, 0.25) is 0 Å². The zero-order valence-electron chi connectivity index (χ0n) is 27.7. The van der Waals surface area contributed by atoms with Crippen LogP contribution in [0.2, 0.25) is 0 Å². The van der Waals surface area contributed by atoms with Gasteiger partial charge in [0.25, 0.3) is 11.4 Å². The average Bonchev–Trinajstić information content (AvgIpc) is 3.94. The predicted molar refractivity (Wildman–Crippen MR) is 204 cm³/mol. The van der Waals surface area contributed by atoms with Crippen LogP contribution in [0.25, 0.3) is 89.7 Å². The minimum absolute atomic E-state index is 0.00812. The number of aromatic amines is 2. The predicted octanol–water partition coefficient (Wildman–Crippen LogP) is 10.9. The van der Waals surface area contributed by atoms with Crippen molar-refractivity contribution in [3.63, 3.8) is 0 Å². The number of hydrogen-bond acceptors (Lipinski definition) is 7. The van der Waals surface area contributed by atoms with Gasteiger partial charge in [-0.15, -0.1) is 0 Å². The number of aromatic nitrogens is 4. The number of rotatable bonds is 8. The van der Waals surface area contributed by atoms with Crippen molar-refractivity contribution in [3.05, 3.63) is 166 Å². The molecule has 11 heteroatoms. The first kappa shape index (κ1) is 31.3. The van der Waals surface area contributed by atoms with Crippen LogP contribution in [-0.2, 0) is 0 Å². The van der Waals surface area contributed by atoms with Crippen molar-refractivity contribution in [2.75, 3.05) is 0 Å². The summed E-state index contributed by atoms with van der Waals surface area (Å²) in [5.74, 6) is 1.17. The maximum atomic E-state index is 11.3. The molecule has 0 spiro atoms. The van der Waals surface area contributed by atoms with Gasteiger partial charge in [0.05, 0.1) is 32.6 Å². The summed E-state index contributed by atoms with van der Waals surface area (Å²) in [5, 5.41) is 24.3. The number of nitro groups is 2. The average molecular weight is 695 g/mol. The van der Waals surface area contributed by atoms with Gasteiger partial charge in [-0.05, 0) is 60.7 Å². The molecule has 0 saturated carbocycles. The fourth-order valence-electron chi connectivity index (χ4n) is 6.62. The first-order chi connectivity index (χ1) is 25.9. The van der Waals surface area contributed by atoms with E-state index in [9.17, 15) is 20.2 Å². The Balaban J connectivity index is 1.17. The number of benzene rings is 6. The first-order valence-corrected chi connectivity index (χ1v) is 16.7. The summed E-state index contributed by atoms with van der Waals surface area (Å²) >= 11 is 0. The second-order valence-electron chi connectivity index (χ2n) is 12.5. The van der Waals surface area contributed by atoms with Gasteiger partial charge in [-0.25, -0.2) is 9.97 Å². The van der Waals surface area contributed by atoms with Crippen LogP contribution < -0.4 is 0 Å². The second kappa shape index (κ2) is 12.6. The van der Waals surface area contributed by atoms with E-state index in [4.69, 9.17) is 14.4 Å². The van der Waals surface area contributed by atoms with Crippen molar-refractivity contribution in [2.45, 2.75) is 0 Å². The Morgan fingerprint density at radius 3 is 1.21 bits per heavy atom. The second-order valence-corrected chi connectivity index (χ2v) is 12.5. The number of nitrogens with zero attached hydrogens (tertiary/aromatic N) is 4. The molecule has 254 valence electrons. The Morgan fingerprint density at radius 2 is 0.830 bits per heavy atom. The number of imidazole rings is 2. The van der Waals surface area contributed by atoms with Gasteiger partial charge < -0.3 is 14.4 Å². The highest BCUT2D eigenvalue weighted by atomic mass is 16.6. The zero-order valence-corrected chi connectivity index (χ0v) is 27.7. The highest BCUT2D eigenvalue weighted by Gasteiger charge is 2.20. The van der Waals surface area contributed by atoms with Crippen molar-refractivity contribution in [1.82, 2.24) is 19.9 Å². The third kappa shape index (κ3) is 5.68. The summed E-state index contributed by atoms with van der Waals surface area (Å²) in [6.07, 6.45) is 0. The van der Waals surface area contributed by atoms with Crippen molar-refractivity contribution in [2.24, 2.45) is 0 Å². The molecule has 9 rings (SSSR count). The fraction of sp³-hybridized carbons (Fsp3) is 0. The van der Waals surface area contributed by atoms with E-state index in [-0.39, 0.29) is 11.4 Å². The zero-order chi connectivity index (χ0) is 36.1. The number of hydrogen-bond donors (Lipinski definition) is 2. The normalized spacial score (nSPS) is 11.3. The van der Waals surface area contributed by atoms with Crippen LogP contribution in [0.4, 0.5) is 11.4 Å². The first-order valence-electron chi connectivity index (χ1n) is 16.7. The number of fused-ring (bicyclic) bond motifs is 3. The molecule has 0 bridgehead atoms. The third-order valence-electron chi connectivity index (χ3n) is 9.25. The Kier molecular flexibility index (Phi) is 7.44. The molecule has 53 heavy (non-hydrogen) atoms. The van der Waals surface area contributed by atoms with Crippen LogP contribution in [0, 0.1) is 20.2 Å². The maximum absolute atomic E-state index is 11.3. The van der Waals surface area contributed by atoms with E-state index < -0.39 is 9.85 Å². The van der Waals surface area contributed by atoms with Crippen LogP contribution in [0.1, 0.15) is 0 Å². The molecule has 0 fully saturated rings. The molecule has 0 aliphatic carbocycles. The number of nitrogens with one attached hydrogen (secondary N) is 2. The van der Waals surface area contributed by atoms with Crippen molar-refractivity contribution < 1.29 is 14.3 Å². The molecule has 9 aromatic rings. The van der Waals surface area contributed by atoms with E-state index in [1.807, 2.05) is 84.9 Å². The minimum Gasteiger partial charge on any atom is -0.456 e. The van der Waals surface area contributed by atoms with Gasteiger partial charge in [-0.1, -0.05) is 60.7 Å². The van der Waals surface area contributed by atoms with Gasteiger partial charge in [-0.3, -0.25) is 20.2 Å². The van der Waals surface area contributed by atoms with E-state index in [1.54, 1.807) is 24.3 Å². The maximum Gasteiger partial charge on any atom is 0.269 e. The van der Waals surface area contributed by atoms with Gasteiger partial charge >= 0.3 is 0 Å². The molecule has 11 nitrogen and oxygen atoms in total. The summed E-state index contributed by atoms with van der Waals surface area (Å²) < 4.78 is 6.31. The molecule has 3 heterocycles. The summed E-state index contributed by atoms with van der Waals surface area (Å²) in [6.45, 7) is 0. The number of furan rings is 1. The monoisotopic (exact) mass is 694 g/mol. The summed E-state index contributed by atoms with van der Waals surface area (Å²) in [4.78, 5) is 38.7. The Hall–Kier alpha value is -7.66. The van der Waals surface area contributed by atoms with E-state index >= 15 is 0 Å². The Bertz CT molecular complexity index is 2630. The quantitative estimate of drug-likeness (QED) is 0.118. The standard InChI is InChI=1S/C42H26N6O5/c49-47(50)31-17-11-27(12-18-31)41-43-37(25-7-3-1-4-8-25)39(45-41)29-15-21-35-33(23-29)34-24-30(16-22-36(34)53-35)40-38(26-9-5-2-6-10-26)44-42(46-40)28-13-19-32(20-14-28)48(51)52/h1-24H,(H,43,45)(H,44,46). The smallest absolute Gasteiger partial charge is 0.269 e. The summed E-state index contributed by atoms with van der Waals surface area (Å²) in [6, 6.07) is 44.4. The SMILES string of the molecule is O=[N+]([O-])c1ccc(-c2nc(-c3ccc4oc5ccc(-c6nc(-c7ccc([N+](=O)[O-])cc7)[nH]c6-c6ccccc6)cc5c4c3)c(-c3ccccc3)[nH]2)cc1. The molecule has 0 aliphatic rings. The molecule has 0 atom stereocenters.